The van der Waals surface area contributed by atoms with Crippen molar-refractivity contribution in [3.05, 3.63) is 63.8 Å². The lowest BCUT2D eigenvalue weighted by Gasteiger charge is -2.13. The lowest BCUT2D eigenvalue weighted by atomic mass is 10.2. The van der Waals surface area contributed by atoms with Crippen molar-refractivity contribution in [1.29, 1.82) is 0 Å². The van der Waals surface area contributed by atoms with Crippen LogP contribution in [0.25, 0.3) is 21.6 Å². The maximum atomic E-state index is 12.1. The highest BCUT2D eigenvalue weighted by molar-refractivity contribution is 7.13. The fraction of sp³-hybridized carbons (Fsp3) is 0.176. The first kappa shape index (κ1) is 15.7. The largest absolute Gasteiger partial charge is 0.338 e. The maximum absolute atomic E-state index is 12.1. The number of thiophene rings is 1. The van der Waals surface area contributed by atoms with E-state index in [4.69, 9.17) is 4.52 Å². The van der Waals surface area contributed by atoms with Crippen molar-refractivity contribution in [2.24, 2.45) is 0 Å². The van der Waals surface area contributed by atoms with Gasteiger partial charge in [-0.3, -0.25) is 9.69 Å². The first-order valence-corrected chi connectivity index (χ1v) is 8.60. The van der Waals surface area contributed by atoms with Gasteiger partial charge in [-0.05, 0) is 30.6 Å². The number of nitrogens with one attached hydrogen (secondary N) is 1. The molecule has 0 fully saturated rings. The van der Waals surface area contributed by atoms with Crippen LogP contribution in [0, 0.1) is 0 Å². The molecule has 0 atom stereocenters. The first-order valence-electron chi connectivity index (χ1n) is 7.72. The van der Waals surface area contributed by atoms with Gasteiger partial charge in [-0.1, -0.05) is 23.4 Å². The highest BCUT2D eigenvalue weighted by Gasteiger charge is 2.13. The fourth-order valence-corrected chi connectivity index (χ4v) is 3.23. The molecule has 126 valence electrons. The molecule has 0 saturated heterocycles. The number of aromatic nitrogens is 4. The number of H-pyrrole nitrogens is 1. The topological polar surface area (TPSA) is 87.9 Å². The number of para-hydroxylation sites is 1. The lowest BCUT2D eigenvalue weighted by molar-refractivity contribution is 0.256. The third-order valence-corrected chi connectivity index (χ3v) is 4.56. The minimum absolute atomic E-state index is 0.133. The van der Waals surface area contributed by atoms with Gasteiger partial charge < -0.3 is 9.51 Å². The number of rotatable bonds is 5. The van der Waals surface area contributed by atoms with E-state index in [2.05, 4.69) is 20.1 Å². The molecule has 0 amide bonds. The van der Waals surface area contributed by atoms with Crippen LogP contribution in [-0.4, -0.2) is 32.1 Å². The Hall–Kier alpha value is -2.84. The van der Waals surface area contributed by atoms with Crippen LogP contribution < -0.4 is 5.56 Å². The van der Waals surface area contributed by atoms with Crippen LogP contribution in [-0.2, 0) is 13.1 Å². The average molecular weight is 353 g/mol. The second-order valence-electron chi connectivity index (χ2n) is 5.69. The van der Waals surface area contributed by atoms with E-state index in [1.807, 2.05) is 47.7 Å². The van der Waals surface area contributed by atoms with E-state index >= 15 is 0 Å². The molecule has 0 bridgehead atoms. The summed E-state index contributed by atoms with van der Waals surface area (Å²) in [6, 6.07) is 11.2. The SMILES string of the molecule is CN(Cc1nc2ccccc2c(=O)[nH]1)Cc1nc(-c2cccs2)no1. The summed E-state index contributed by atoms with van der Waals surface area (Å²) in [6.45, 7) is 0.936. The molecule has 8 heteroatoms. The Morgan fingerprint density at radius 3 is 2.88 bits per heavy atom. The minimum atomic E-state index is -0.133. The molecule has 0 spiro atoms. The molecule has 0 saturated carbocycles. The van der Waals surface area contributed by atoms with Crippen molar-refractivity contribution in [1.82, 2.24) is 25.0 Å². The molecule has 0 unspecified atom stereocenters. The molecular formula is C17H15N5O2S. The van der Waals surface area contributed by atoms with E-state index in [0.29, 0.717) is 41.5 Å². The van der Waals surface area contributed by atoms with Crippen LogP contribution in [0.15, 0.2) is 51.1 Å². The monoisotopic (exact) mass is 353 g/mol. The maximum Gasteiger partial charge on any atom is 0.258 e. The van der Waals surface area contributed by atoms with E-state index in [1.54, 1.807) is 17.4 Å². The lowest BCUT2D eigenvalue weighted by Crippen LogP contribution is -2.22. The summed E-state index contributed by atoms with van der Waals surface area (Å²) >= 11 is 1.57. The number of hydrogen-bond acceptors (Lipinski definition) is 7. The molecule has 1 N–H and O–H groups in total. The Morgan fingerprint density at radius 2 is 2.04 bits per heavy atom. The number of nitrogens with zero attached hydrogens (tertiary/aromatic N) is 4. The third kappa shape index (κ3) is 3.35. The summed E-state index contributed by atoms with van der Waals surface area (Å²) in [5, 5.41) is 6.56. The molecular weight excluding hydrogens is 338 g/mol. The third-order valence-electron chi connectivity index (χ3n) is 3.70. The highest BCUT2D eigenvalue weighted by atomic mass is 32.1. The molecule has 0 aliphatic heterocycles. The van der Waals surface area contributed by atoms with Gasteiger partial charge in [-0.15, -0.1) is 11.3 Å². The van der Waals surface area contributed by atoms with Crippen molar-refractivity contribution in [3.63, 3.8) is 0 Å². The normalized spacial score (nSPS) is 11.4. The second-order valence-corrected chi connectivity index (χ2v) is 6.64. The van der Waals surface area contributed by atoms with Gasteiger partial charge >= 0.3 is 0 Å². The summed E-state index contributed by atoms with van der Waals surface area (Å²) in [4.78, 5) is 26.8. The van der Waals surface area contributed by atoms with E-state index in [-0.39, 0.29) is 5.56 Å². The van der Waals surface area contributed by atoms with Gasteiger partial charge in [0.25, 0.3) is 5.56 Å². The van der Waals surface area contributed by atoms with Gasteiger partial charge in [0.15, 0.2) is 0 Å². The van der Waals surface area contributed by atoms with Crippen molar-refractivity contribution in [3.8, 4) is 10.7 Å². The van der Waals surface area contributed by atoms with Crippen molar-refractivity contribution in [2.75, 3.05) is 7.05 Å². The number of benzene rings is 1. The number of hydrogen-bond donors (Lipinski definition) is 1. The summed E-state index contributed by atoms with van der Waals surface area (Å²) in [5.41, 5.74) is 0.555. The van der Waals surface area contributed by atoms with Gasteiger partial charge in [0.05, 0.1) is 28.9 Å². The highest BCUT2D eigenvalue weighted by Crippen LogP contribution is 2.21. The van der Waals surface area contributed by atoms with Crippen LogP contribution in [0.3, 0.4) is 0 Å². The van der Waals surface area contributed by atoms with E-state index in [9.17, 15) is 4.79 Å². The molecule has 0 aliphatic carbocycles. The van der Waals surface area contributed by atoms with Gasteiger partial charge in [0, 0.05) is 0 Å². The quantitative estimate of drug-likeness (QED) is 0.593. The van der Waals surface area contributed by atoms with Gasteiger partial charge in [-0.25, -0.2) is 4.98 Å². The summed E-state index contributed by atoms with van der Waals surface area (Å²) < 4.78 is 5.30. The van der Waals surface area contributed by atoms with E-state index in [0.717, 1.165) is 4.88 Å². The van der Waals surface area contributed by atoms with Gasteiger partial charge in [0.2, 0.25) is 11.7 Å². The van der Waals surface area contributed by atoms with Crippen LogP contribution >= 0.6 is 11.3 Å². The fourth-order valence-electron chi connectivity index (χ4n) is 2.58. The molecule has 4 aromatic rings. The smallest absolute Gasteiger partial charge is 0.258 e. The van der Waals surface area contributed by atoms with Crippen LogP contribution in [0.2, 0.25) is 0 Å². The Labute approximate surface area is 147 Å². The number of fused-ring (bicyclic) bond motifs is 1. The Bertz CT molecular complexity index is 1050. The number of aromatic amines is 1. The zero-order chi connectivity index (χ0) is 17.2. The van der Waals surface area contributed by atoms with Crippen molar-refractivity contribution < 1.29 is 4.52 Å². The standard InChI is InChI=1S/C17H15N5O2S/c1-22(10-15-20-16(21-24-15)13-7-4-8-25-13)9-14-18-12-6-3-2-5-11(12)17(23)19-14/h2-8H,9-10H2,1H3,(H,18,19,23). The molecule has 4 rings (SSSR count). The predicted molar refractivity (Wildman–Crippen MR) is 95.1 cm³/mol. The zero-order valence-electron chi connectivity index (χ0n) is 13.5. The zero-order valence-corrected chi connectivity index (χ0v) is 14.3. The Morgan fingerprint density at radius 1 is 1.16 bits per heavy atom. The summed E-state index contributed by atoms with van der Waals surface area (Å²) in [7, 11) is 1.91. The van der Waals surface area contributed by atoms with Crippen molar-refractivity contribution >= 4 is 22.2 Å². The van der Waals surface area contributed by atoms with Crippen LogP contribution in [0.5, 0.6) is 0 Å². The minimum Gasteiger partial charge on any atom is -0.338 e. The molecule has 0 radical (unpaired) electrons. The predicted octanol–water partition coefficient (Wildman–Crippen LogP) is 2.67. The summed E-state index contributed by atoms with van der Waals surface area (Å²) in [5.74, 6) is 1.72. The van der Waals surface area contributed by atoms with Crippen LogP contribution in [0.4, 0.5) is 0 Å². The van der Waals surface area contributed by atoms with Gasteiger partial charge in [-0.2, -0.15) is 4.98 Å². The summed E-state index contributed by atoms with van der Waals surface area (Å²) in [6.07, 6.45) is 0. The average Bonchev–Trinajstić information content (AvgIpc) is 3.26. The van der Waals surface area contributed by atoms with Gasteiger partial charge in [0.1, 0.15) is 5.82 Å². The molecule has 7 nitrogen and oxygen atoms in total. The second kappa shape index (κ2) is 6.58. The van der Waals surface area contributed by atoms with E-state index < -0.39 is 0 Å². The molecule has 3 aromatic heterocycles. The van der Waals surface area contributed by atoms with Crippen molar-refractivity contribution in [2.45, 2.75) is 13.1 Å². The Balaban J connectivity index is 1.49. The molecule has 25 heavy (non-hydrogen) atoms. The van der Waals surface area contributed by atoms with E-state index in [1.165, 1.54) is 0 Å². The van der Waals surface area contributed by atoms with Crippen LogP contribution in [0.1, 0.15) is 11.7 Å². The first-order chi connectivity index (χ1) is 12.2. The molecule has 3 heterocycles. The molecule has 1 aromatic carbocycles. The Kier molecular flexibility index (Phi) is 4.12. The molecule has 0 aliphatic rings.